The molecule has 9 heteroatoms. The lowest BCUT2D eigenvalue weighted by atomic mass is 9.95. The number of hydrogen-bond donors (Lipinski definition) is 1. The zero-order valence-electron chi connectivity index (χ0n) is 15.4. The fourth-order valence-electron chi connectivity index (χ4n) is 4.02. The lowest BCUT2D eigenvalue weighted by Crippen LogP contribution is -2.70. The van der Waals surface area contributed by atoms with Crippen LogP contribution in [0.2, 0.25) is 0 Å². The van der Waals surface area contributed by atoms with Gasteiger partial charge in [-0.2, -0.15) is 20.1 Å². The Morgan fingerprint density at radius 2 is 1.96 bits per heavy atom. The maximum absolute atomic E-state index is 6.15. The molecule has 3 aliphatic rings. The summed E-state index contributed by atoms with van der Waals surface area (Å²) in [4.78, 5) is 16.0. The van der Waals surface area contributed by atoms with E-state index in [4.69, 9.17) is 9.47 Å². The third-order valence-electron chi connectivity index (χ3n) is 5.54. The number of aromatic nitrogens is 5. The minimum Gasteiger partial charge on any atom is -0.460 e. The van der Waals surface area contributed by atoms with Crippen LogP contribution in [0.15, 0.2) is 18.5 Å². The summed E-state index contributed by atoms with van der Waals surface area (Å²) >= 11 is 0. The van der Waals surface area contributed by atoms with Gasteiger partial charge in [0.2, 0.25) is 5.95 Å². The van der Waals surface area contributed by atoms with Crippen molar-refractivity contribution in [2.24, 2.45) is 0 Å². The van der Waals surface area contributed by atoms with Crippen LogP contribution >= 0.6 is 0 Å². The number of nitrogens with one attached hydrogen (secondary N) is 1. The van der Waals surface area contributed by atoms with Gasteiger partial charge in [-0.25, -0.2) is 4.68 Å². The largest absolute Gasteiger partial charge is 0.460 e. The molecule has 0 aromatic carbocycles. The van der Waals surface area contributed by atoms with Gasteiger partial charge in [0.25, 0.3) is 5.95 Å². The Balaban J connectivity index is 1.44. The van der Waals surface area contributed by atoms with E-state index in [-0.39, 0.29) is 11.6 Å². The van der Waals surface area contributed by atoms with Gasteiger partial charge in [-0.1, -0.05) is 6.42 Å². The lowest BCUT2D eigenvalue weighted by Gasteiger charge is -2.48. The fourth-order valence-corrected chi connectivity index (χ4v) is 4.02. The highest BCUT2D eigenvalue weighted by molar-refractivity contribution is 5.36. The van der Waals surface area contributed by atoms with Crippen molar-refractivity contribution in [3.05, 3.63) is 18.5 Å². The molecular weight excluding hydrogens is 346 g/mol. The zero-order valence-corrected chi connectivity index (χ0v) is 15.4. The highest BCUT2D eigenvalue weighted by Crippen LogP contribution is 2.26. The Morgan fingerprint density at radius 1 is 1.11 bits per heavy atom. The molecule has 0 atom stereocenters. The lowest BCUT2D eigenvalue weighted by molar-refractivity contribution is -0.0744. The molecule has 5 rings (SSSR count). The van der Waals surface area contributed by atoms with Crippen LogP contribution in [-0.4, -0.2) is 69.2 Å². The van der Waals surface area contributed by atoms with Crippen molar-refractivity contribution in [2.45, 2.75) is 43.7 Å². The Hall–Kier alpha value is -2.26. The van der Waals surface area contributed by atoms with Gasteiger partial charge in [-0.15, -0.1) is 0 Å². The summed E-state index contributed by atoms with van der Waals surface area (Å²) in [5, 5.41) is 7.84. The molecule has 144 valence electrons. The molecule has 2 saturated heterocycles. The Kier molecular flexibility index (Phi) is 4.41. The number of hydrogen-bond acceptors (Lipinski definition) is 8. The quantitative estimate of drug-likeness (QED) is 0.850. The average Bonchev–Trinajstić information content (AvgIpc) is 3.22. The van der Waals surface area contributed by atoms with Crippen molar-refractivity contribution >= 4 is 5.95 Å². The number of piperazine rings is 1. The highest BCUT2D eigenvalue weighted by Gasteiger charge is 2.42. The first-order valence-electron chi connectivity index (χ1n) is 9.80. The smallest absolute Gasteiger partial charge is 0.323 e. The Labute approximate surface area is 158 Å². The molecule has 1 saturated carbocycles. The molecule has 2 aromatic rings. The van der Waals surface area contributed by atoms with Crippen LogP contribution < -0.4 is 15.0 Å². The molecule has 2 aliphatic heterocycles. The van der Waals surface area contributed by atoms with Crippen LogP contribution in [0.3, 0.4) is 0 Å². The molecule has 0 radical (unpaired) electrons. The minimum absolute atomic E-state index is 0.0150. The van der Waals surface area contributed by atoms with Crippen LogP contribution in [0.4, 0.5) is 5.95 Å². The van der Waals surface area contributed by atoms with E-state index >= 15 is 0 Å². The fraction of sp³-hybridized carbons (Fsp3) is 0.667. The molecule has 27 heavy (non-hydrogen) atoms. The van der Waals surface area contributed by atoms with Gasteiger partial charge in [0, 0.05) is 32.0 Å². The summed E-state index contributed by atoms with van der Waals surface area (Å²) in [6.45, 7) is 3.99. The molecule has 0 amide bonds. The van der Waals surface area contributed by atoms with Crippen molar-refractivity contribution in [1.29, 1.82) is 0 Å². The Morgan fingerprint density at radius 3 is 2.70 bits per heavy atom. The van der Waals surface area contributed by atoms with E-state index in [1.165, 1.54) is 19.3 Å². The van der Waals surface area contributed by atoms with Gasteiger partial charge < -0.3 is 19.7 Å². The third kappa shape index (κ3) is 3.49. The molecule has 1 aliphatic carbocycles. The zero-order chi connectivity index (χ0) is 18.1. The second kappa shape index (κ2) is 7.05. The van der Waals surface area contributed by atoms with E-state index < -0.39 is 0 Å². The first-order chi connectivity index (χ1) is 13.3. The van der Waals surface area contributed by atoms with Crippen molar-refractivity contribution in [3.63, 3.8) is 0 Å². The molecule has 3 fully saturated rings. The van der Waals surface area contributed by atoms with Gasteiger partial charge >= 0.3 is 6.01 Å². The van der Waals surface area contributed by atoms with Crippen molar-refractivity contribution in [2.75, 3.05) is 37.7 Å². The van der Waals surface area contributed by atoms with E-state index in [2.05, 4.69) is 30.3 Å². The summed E-state index contributed by atoms with van der Waals surface area (Å²) in [7, 11) is 0. The molecular formula is C18H25N7O2. The van der Waals surface area contributed by atoms with Crippen LogP contribution in [0.5, 0.6) is 6.01 Å². The number of nitrogens with zero attached hydrogens (tertiary/aromatic N) is 6. The van der Waals surface area contributed by atoms with Gasteiger partial charge in [-0.3, -0.25) is 0 Å². The summed E-state index contributed by atoms with van der Waals surface area (Å²) in [5.74, 6) is 1.14. The first kappa shape index (κ1) is 16.9. The van der Waals surface area contributed by atoms with E-state index in [1.54, 1.807) is 10.9 Å². The maximum atomic E-state index is 6.15. The number of ether oxygens (including phenoxy) is 2. The van der Waals surface area contributed by atoms with Crippen LogP contribution in [-0.2, 0) is 4.74 Å². The van der Waals surface area contributed by atoms with E-state index in [0.29, 0.717) is 17.9 Å². The van der Waals surface area contributed by atoms with Gasteiger partial charge in [-0.05, 0) is 31.7 Å². The van der Waals surface area contributed by atoms with Crippen LogP contribution in [0.25, 0.3) is 5.95 Å². The summed E-state index contributed by atoms with van der Waals surface area (Å²) < 4.78 is 13.2. The van der Waals surface area contributed by atoms with Crippen molar-refractivity contribution in [3.8, 4) is 12.0 Å². The predicted molar refractivity (Wildman–Crippen MR) is 98.2 cm³/mol. The number of rotatable bonds is 4. The topological polar surface area (TPSA) is 90.2 Å². The minimum atomic E-state index is 0.0150. The SMILES string of the molecule is c1cnn(-c2nc(OC3CCCCC3)nc(N3CCNC4(COC4)C3)n2)c1. The Bertz CT molecular complexity index is 772. The van der Waals surface area contributed by atoms with Gasteiger partial charge in [0.15, 0.2) is 0 Å². The molecule has 1 spiro atoms. The van der Waals surface area contributed by atoms with Crippen LogP contribution in [0.1, 0.15) is 32.1 Å². The predicted octanol–water partition coefficient (Wildman–Crippen LogP) is 0.947. The first-order valence-corrected chi connectivity index (χ1v) is 9.80. The summed E-state index contributed by atoms with van der Waals surface area (Å²) in [6.07, 6.45) is 9.56. The normalized spacial score (nSPS) is 22.6. The monoisotopic (exact) mass is 371 g/mol. The van der Waals surface area contributed by atoms with Crippen molar-refractivity contribution in [1.82, 2.24) is 30.0 Å². The molecule has 0 unspecified atom stereocenters. The molecule has 4 heterocycles. The maximum Gasteiger partial charge on any atom is 0.323 e. The summed E-state index contributed by atoms with van der Waals surface area (Å²) in [5.41, 5.74) is 0.0150. The van der Waals surface area contributed by atoms with E-state index in [1.807, 2.05) is 12.3 Å². The van der Waals surface area contributed by atoms with E-state index in [0.717, 1.165) is 45.7 Å². The molecule has 2 aromatic heterocycles. The molecule has 9 nitrogen and oxygen atoms in total. The van der Waals surface area contributed by atoms with Gasteiger partial charge in [0.1, 0.15) is 6.10 Å². The molecule has 0 bridgehead atoms. The second-order valence-electron chi connectivity index (χ2n) is 7.67. The van der Waals surface area contributed by atoms with E-state index in [9.17, 15) is 0 Å². The average molecular weight is 371 g/mol. The second-order valence-corrected chi connectivity index (χ2v) is 7.67. The van der Waals surface area contributed by atoms with Crippen molar-refractivity contribution < 1.29 is 9.47 Å². The highest BCUT2D eigenvalue weighted by atomic mass is 16.5. The third-order valence-corrected chi connectivity index (χ3v) is 5.54. The molecule has 1 N–H and O–H groups in total. The van der Waals surface area contributed by atoms with Crippen LogP contribution in [0, 0.1) is 0 Å². The van der Waals surface area contributed by atoms with Gasteiger partial charge in [0.05, 0.1) is 18.8 Å². The standard InChI is InChI=1S/C18H25N7O2/c1-2-5-14(6-3-1)27-17-22-15(21-16(23-17)25-9-4-7-20-25)24-10-8-19-18(11-24)12-26-13-18/h4,7,9,14,19H,1-3,5-6,8,10-13H2. The number of anilines is 1. The summed E-state index contributed by atoms with van der Waals surface area (Å²) in [6, 6.07) is 2.26.